The molecule has 0 aromatic rings. The van der Waals surface area contributed by atoms with Crippen LogP contribution in [0, 0.1) is 0 Å². The van der Waals surface area contributed by atoms with Crippen molar-refractivity contribution in [1.82, 2.24) is 5.32 Å². The van der Waals surface area contributed by atoms with Gasteiger partial charge in [0.2, 0.25) is 0 Å². The number of carbonyl (C=O) groups is 2. The Balaban J connectivity index is 2.66. The Morgan fingerprint density at radius 3 is 2.52 bits per heavy atom. The summed E-state index contributed by atoms with van der Waals surface area (Å²) >= 11 is 0. The van der Waals surface area contributed by atoms with E-state index in [4.69, 9.17) is 14.6 Å². The summed E-state index contributed by atoms with van der Waals surface area (Å²) in [5.74, 6) is -0.847. The fraction of sp³-hybridized carbons (Fsp3) is 0.714. The molecule has 0 aromatic heterocycles. The van der Waals surface area contributed by atoms with Crippen molar-refractivity contribution in [3.8, 4) is 0 Å². The lowest BCUT2D eigenvalue weighted by molar-refractivity contribution is -0.301. The van der Waals surface area contributed by atoms with E-state index in [9.17, 15) is 24.9 Å². The van der Waals surface area contributed by atoms with Crippen molar-refractivity contribution < 1.29 is 49.0 Å². The molecule has 1 saturated heterocycles. The monoisotopic (exact) mass is 365 g/mol. The second kappa shape index (κ2) is 10.3. The lowest BCUT2D eigenvalue weighted by Gasteiger charge is -2.39. The molecule has 0 aliphatic carbocycles. The van der Waals surface area contributed by atoms with E-state index in [1.807, 2.05) is 0 Å². The van der Waals surface area contributed by atoms with E-state index in [-0.39, 0.29) is 6.61 Å². The van der Waals surface area contributed by atoms with Crippen molar-refractivity contribution >= 4 is 12.1 Å². The van der Waals surface area contributed by atoms with E-state index < -0.39 is 62.0 Å². The summed E-state index contributed by atoms with van der Waals surface area (Å²) in [5, 5.41) is 40.5. The highest BCUT2D eigenvalue weighted by Gasteiger charge is 2.44. The number of ether oxygens (including phenoxy) is 4. The number of aliphatic hydroxyl groups excluding tert-OH is 4. The minimum Gasteiger partial charge on any atom is -0.467 e. The van der Waals surface area contributed by atoms with Crippen LogP contribution in [0.2, 0.25) is 0 Å². The van der Waals surface area contributed by atoms with Gasteiger partial charge in [0.1, 0.15) is 31.0 Å². The van der Waals surface area contributed by atoms with Crippen LogP contribution in [-0.2, 0) is 23.7 Å². The van der Waals surface area contributed by atoms with Crippen LogP contribution in [0.15, 0.2) is 12.7 Å². The maximum absolute atomic E-state index is 11.7. The van der Waals surface area contributed by atoms with E-state index in [0.29, 0.717) is 0 Å². The lowest BCUT2D eigenvalue weighted by atomic mass is 9.99. The van der Waals surface area contributed by atoms with Crippen LogP contribution < -0.4 is 5.32 Å². The summed E-state index contributed by atoms with van der Waals surface area (Å²) in [6.07, 6.45) is -7.01. The Morgan fingerprint density at radius 1 is 1.28 bits per heavy atom. The molecule has 0 aromatic carbocycles. The average Bonchev–Trinajstić information content (AvgIpc) is 2.62. The molecule has 5 N–H and O–H groups in total. The summed E-state index contributed by atoms with van der Waals surface area (Å²) in [4.78, 5) is 23.2. The smallest absolute Gasteiger partial charge is 0.408 e. The number of nitrogens with one attached hydrogen (secondary N) is 1. The van der Waals surface area contributed by atoms with E-state index in [0.717, 1.165) is 7.11 Å². The van der Waals surface area contributed by atoms with Gasteiger partial charge in [0.15, 0.2) is 12.3 Å². The van der Waals surface area contributed by atoms with Gasteiger partial charge in [-0.15, -0.1) is 0 Å². The zero-order valence-corrected chi connectivity index (χ0v) is 13.6. The molecule has 0 bridgehead atoms. The standard InChI is InChI=1S/C14H23NO10/c1-3-4-23-14(21)15-7(12(20)22-2)6-24-13-11(19)10(18)9(17)8(5-16)25-13/h3,7-11,13,16-19H,1,4-6H2,2H3,(H,15,21)/t7-,8+,9-,10-,11+,13+/m0/s1. The molecular weight excluding hydrogens is 342 g/mol. The zero-order chi connectivity index (χ0) is 19.0. The Morgan fingerprint density at radius 2 is 1.96 bits per heavy atom. The summed E-state index contributed by atoms with van der Waals surface area (Å²) in [5.41, 5.74) is 0. The van der Waals surface area contributed by atoms with E-state index in [1.165, 1.54) is 6.08 Å². The highest BCUT2D eigenvalue weighted by Crippen LogP contribution is 2.22. The molecule has 6 atom stereocenters. The molecule has 1 amide bonds. The molecule has 0 saturated carbocycles. The number of hydrogen-bond acceptors (Lipinski definition) is 10. The third kappa shape index (κ3) is 5.92. The minimum atomic E-state index is -1.64. The van der Waals surface area contributed by atoms with Crippen molar-refractivity contribution in [3.05, 3.63) is 12.7 Å². The van der Waals surface area contributed by atoms with E-state index in [2.05, 4.69) is 21.4 Å². The van der Waals surface area contributed by atoms with Gasteiger partial charge >= 0.3 is 12.1 Å². The summed E-state index contributed by atoms with van der Waals surface area (Å²) in [7, 11) is 1.10. The normalized spacial score (nSPS) is 30.2. The molecule has 0 unspecified atom stereocenters. The quantitative estimate of drug-likeness (QED) is 0.225. The van der Waals surface area contributed by atoms with Crippen LogP contribution >= 0.6 is 0 Å². The first-order valence-electron chi connectivity index (χ1n) is 7.39. The molecule has 11 heteroatoms. The van der Waals surface area contributed by atoms with Gasteiger partial charge in [0, 0.05) is 0 Å². The van der Waals surface area contributed by atoms with Crippen LogP contribution in [0.25, 0.3) is 0 Å². The first kappa shape index (κ1) is 21.3. The van der Waals surface area contributed by atoms with Gasteiger partial charge in [-0.3, -0.25) is 0 Å². The van der Waals surface area contributed by atoms with E-state index >= 15 is 0 Å². The lowest BCUT2D eigenvalue weighted by Crippen LogP contribution is -2.59. The topological polar surface area (TPSA) is 164 Å². The highest BCUT2D eigenvalue weighted by molar-refractivity contribution is 5.81. The van der Waals surface area contributed by atoms with Crippen LogP contribution in [0.4, 0.5) is 4.79 Å². The predicted molar refractivity (Wildman–Crippen MR) is 80.2 cm³/mol. The van der Waals surface area contributed by atoms with Gasteiger partial charge in [-0.05, 0) is 0 Å². The van der Waals surface area contributed by atoms with Crippen LogP contribution in [0.5, 0.6) is 0 Å². The van der Waals surface area contributed by atoms with Crippen molar-refractivity contribution in [2.24, 2.45) is 0 Å². The largest absolute Gasteiger partial charge is 0.467 e. The number of alkyl carbamates (subject to hydrolysis) is 1. The molecular formula is C14H23NO10. The van der Waals surface area contributed by atoms with Crippen molar-refractivity contribution in [2.75, 3.05) is 26.9 Å². The fourth-order valence-corrected chi connectivity index (χ4v) is 2.03. The Labute approximate surface area is 143 Å². The maximum atomic E-state index is 11.7. The molecule has 11 nitrogen and oxygen atoms in total. The molecule has 1 aliphatic rings. The van der Waals surface area contributed by atoms with Gasteiger partial charge in [-0.2, -0.15) is 0 Å². The molecule has 144 valence electrons. The number of methoxy groups -OCH3 is 1. The zero-order valence-electron chi connectivity index (χ0n) is 13.6. The van der Waals surface area contributed by atoms with Crippen LogP contribution in [0.3, 0.4) is 0 Å². The third-order valence-electron chi connectivity index (χ3n) is 3.39. The molecule has 1 heterocycles. The van der Waals surface area contributed by atoms with Crippen molar-refractivity contribution in [3.63, 3.8) is 0 Å². The number of hydrogen-bond donors (Lipinski definition) is 5. The number of rotatable bonds is 8. The first-order valence-corrected chi connectivity index (χ1v) is 7.39. The van der Waals surface area contributed by atoms with Gasteiger partial charge in [-0.1, -0.05) is 12.7 Å². The SMILES string of the molecule is C=CCOC(=O)N[C@@H](CO[C@@H]1O[C@H](CO)[C@H](O)[C@H](O)[C@H]1O)C(=O)OC. The fourth-order valence-electron chi connectivity index (χ4n) is 2.03. The van der Waals surface area contributed by atoms with Gasteiger partial charge in [-0.25, -0.2) is 9.59 Å². The van der Waals surface area contributed by atoms with Crippen LogP contribution in [0.1, 0.15) is 0 Å². The number of esters is 1. The Kier molecular flexibility index (Phi) is 8.75. The van der Waals surface area contributed by atoms with Crippen molar-refractivity contribution in [2.45, 2.75) is 36.7 Å². The Bertz CT molecular complexity index is 457. The van der Waals surface area contributed by atoms with Gasteiger partial charge in [0.25, 0.3) is 0 Å². The number of aliphatic hydroxyl groups is 4. The molecule has 0 radical (unpaired) electrons. The Hall–Kier alpha value is -1.76. The molecule has 1 rings (SSSR count). The molecule has 25 heavy (non-hydrogen) atoms. The average molecular weight is 365 g/mol. The number of amides is 1. The van der Waals surface area contributed by atoms with E-state index in [1.54, 1.807) is 0 Å². The minimum absolute atomic E-state index is 0.0761. The number of carbonyl (C=O) groups excluding carboxylic acids is 2. The third-order valence-corrected chi connectivity index (χ3v) is 3.39. The highest BCUT2D eigenvalue weighted by atomic mass is 16.7. The summed E-state index contributed by atoms with van der Waals surface area (Å²) in [6.45, 7) is 2.18. The maximum Gasteiger partial charge on any atom is 0.408 e. The van der Waals surface area contributed by atoms with Crippen LogP contribution in [-0.4, -0.2) is 96.2 Å². The molecule has 1 aliphatic heterocycles. The summed E-state index contributed by atoms with van der Waals surface area (Å²) < 4.78 is 19.5. The summed E-state index contributed by atoms with van der Waals surface area (Å²) in [6, 6.07) is -1.28. The molecule has 1 fully saturated rings. The van der Waals surface area contributed by atoms with Crippen molar-refractivity contribution in [1.29, 1.82) is 0 Å². The predicted octanol–water partition coefficient (Wildman–Crippen LogP) is -2.74. The first-order chi connectivity index (χ1) is 11.8. The van der Waals surface area contributed by atoms with Gasteiger partial charge in [0.05, 0.1) is 20.3 Å². The van der Waals surface area contributed by atoms with Gasteiger partial charge < -0.3 is 44.7 Å². The second-order valence-corrected chi connectivity index (χ2v) is 5.14. The molecule has 0 spiro atoms. The second-order valence-electron chi connectivity index (χ2n) is 5.14.